The second kappa shape index (κ2) is 7.33. The molecule has 1 aliphatic carbocycles. The van der Waals surface area contributed by atoms with Crippen LogP contribution in [0.5, 0.6) is 0 Å². The molecule has 1 amide bonds. The van der Waals surface area contributed by atoms with Crippen molar-refractivity contribution >= 4 is 5.91 Å². The van der Waals surface area contributed by atoms with Crippen LogP contribution in [0.25, 0.3) is 0 Å². The molecule has 1 aromatic carbocycles. The van der Waals surface area contributed by atoms with Gasteiger partial charge in [-0.2, -0.15) is 13.2 Å². The smallest absolute Gasteiger partial charge is 0.355 e. The van der Waals surface area contributed by atoms with Crippen molar-refractivity contribution in [3.05, 3.63) is 35.4 Å². The number of alkyl halides is 3. The maximum Gasteiger partial charge on any atom is 0.416 e. The van der Waals surface area contributed by atoms with Crippen LogP contribution in [0.2, 0.25) is 0 Å². The number of benzene rings is 1. The third kappa shape index (κ3) is 4.33. The Bertz CT molecular complexity index is 608. The predicted octanol–water partition coefficient (Wildman–Crippen LogP) is 2.15. The highest BCUT2D eigenvalue weighted by Gasteiger charge is 2.51. The molecule has 1 saturated heterocycles. The van der Waals surface area contributed by atoms with Crippen molar-refractivity contribution in [1.82, 2.24) is 15.5 Å². The number of halogens is 3. The average Bonchev–Trinajstić information content (AvgIpc) is 3.41. The van der Waals surface area contributed by atoms with Gasteiger partial charge >= 0.3 is 6.18 Å². The van der Waals surface area contributed by atoms with Gasteiger partial charge in [-0.05, 0) is 37.4 Å². The Kier molecular flexibility index (Phi) is 5.34. The van der Waals surface area contributed by atoms with E-state index in [0.717, 1.165) is 51.3 Å². The zero-order valence-corrected chi connectivity index (χ0v) is 14.2. The van der Waals surface area contributed by atoms with Gasteiger partial charge in [0.05, 0.1) is 11.0 Å². The molecule has 0 radical (unpaired) electrons. The molecule has 138 valence electrons. The van der Waals surface area contributed by atoms with Crippen molar-refractivity contribution in [3.8, 4) is 0 Å². The molecule has 4 nitrogen and oxygen atoms in total. The Hall–Kier alpha value is -1.60. The highest BCUT2D eigenvalue weighted by Crippen LogP contribution is 2.49. The Morgan fingerprint density at radius 3 is 2.60 bits per heavy atom. The van der Waals surface area contributed by atoms with Gasteiger partial charge in [0.25, 0.3) is 0 Å². The Morgan fingerprint density at radius 2 is 1.96 bits per heavy atom. The highest BCUT2D eigenvalue weighted by atomic mass is 19.4. The van der Waals surface area contributed by atoms with E-state index in [1.54, 1.807) is 6.07 Å². The molecule has 0 bridgehead atoms. The number of hydrogen-bond acceptors (Lipinski definition) is 3. The van der Waals surface area contributed by atoms with E-state index in [4.69, 9.17) is 0 Å². The minimum Gasteiger partial charge on any atom is -0.355 e. The average molecular weight is 355 g/mol. The zero-order valence-electron chi connectivity index (χ0n) is 14.2. The number of hydrogen-bond donors (Lipinski definition) is 2. The number of rotatable bonds is 6. The first-order chi connectivity index (χ1) is 11.9. The van der Waals surface area contributed by atoms with Crippen molar-refractivity contribution in [2.24, 2.45) is 0 Å². The summed E-state index contributed by atoms with van der Waals surface area (Å²) in [6.45, 7) is 5.50. The first kappa shape index (κ1) is 18.2. The standard InChI is InChI=1S/C18H24F3N3O/c19-18(20,21)15-4-1-3-14(13-15)17(5-6-17)16(25)23-7-2-10-24-11-8-22-9-12-24/h1,3-4,13,22H,2,5-12H2,(H,23,25). The van der Waals surface area contributed by atoms with Gasteiger partial charge in [-0.1, -0.05) is 18.2 Å². The summed E-state index contributed by atoms with van der Waals surface area (Å²) in [5.41, 5.74) is -0.985. The van der Waals surface area contributed by atoms with Crippen LogP contribution in [0.15, 0.2) is 24.3 Å². The predicted molar refractivity (Wildman–Crippen MR) is 89.3 cm³/mol. The van der Waals surface area contributed by atoms with Crippen molar-refractivity contribution in [1.29, 1.82) is 0 Å². The molecule has 25 heavy (non-hydrogen) atoms. The molecule has 2 fully saturated rings. The van der Waals surface area contributed by atoms with Crippen LogP contribution < -0.4 is 10.6 Å². The Balaban J connectivity index is 1.53. The summed E-state index contributed by atoms with van der Waals surface area (Å²) in [6, 6.07) is 5.18. The lowest BCUT2D eigenvalue weighted by atomic mass is 9.93. The van der Waals surface area contributed by atoms with E-state index in [-0.39, 0.29) is 5.91 Å². The first-order valence-electron chi connectivity index (χ1n) is 8.81. The van der Waals surface area contributed by atoms with Gasteiger partial charge in [0, 0.05) is 32.7 Å². The summed E-state index contributed by atoms with van der Waals surface area (Å²) < 4.78 is 38.7. The number of carbonyl (C=O) groups excluding carboxylic acids is 1. The fourth-order valence-electron chi connectivity index (χ4n) is 3.37. The largest absolute Gasteiger partial charge is 0.416 e. The third-order valence-corrected chi connectivity index (χ3v) is 5.07. The van der Waals surface area contributed by atoms with Gasteiger partial charge in [-0.25, -0.2) is 0 Å². The fraction of sp³-hybridized carbons (Fsp3) is 0.611. The minimum absolute atomic E-state index is 0.146. The second-order valence-corrected chi connectivity index (χ2v) is 6.86. The molecule has 2 N–H and O–H groups in total. The minimum atomic E-state index is -4.38. The molecule has 3 rings (SSSR count). The van der Waals surface area contributed by atoms with Crippen molar-refractivity contribution < 1.29 is 18.0 Å². The van der Waals surface area contributed by atoms with E-state index in [2.05, 4.69) is 15.5 Å². The lowest BCUT2D eigenvalue weighted by molar-refractivity contribution is -0.137. The summed E-state index contributed by atoms with van der Waals surface area (Å²) in [7, 11) is 0. The van der Waals surface area contributed by atoms with Gasteiger partial charge in [0.1, 0.15) is 0 Å². The van der Waals surface area contributed by atoms with Crippen molar-refractivity contribution in [2.75, 3.05) is 39.3 Å². The normalized spacial score (nSPS) is 20.3. The van der Waals surface area contributed by atoms with Crippen LogP contribution in [0, 0.1) is 0 Å². The third-order valence-electron chi connectivity index (χ3n) is 5.07. The Labute approximate surface area is 145 Å². The SMILES string of the molecule is O=C(NCCCN1CCNCC1)C1(c2cccc(C(F)(F)F)c2)CC1. The van der Waals surface area contributed by atoms with Gasteiger partial charge < -0.3 is 15.5 Å². The van der Waals surface area contributed by atoms with Gasteiger partial charge in [0.2, 0.25) is 5.91 Å². The number of nitrogens with zero attached hydrogens (tertiary/aromatic N) is 1. The summed E-state index contributed by atoms with van der Waals surface area (Å²) >= 11 is 0. The van der Waals surface area contributed by atoms with Crippen molar-refractivity contribution in [3.63, 3.8) is 0 Å². The molecule has 1 saturated carbocycles. The van der Waals surface area contributed by atoms with E-state index >= 15 is 0 Å². The molecule has 1 heterocycles. The molecule has 0 spiro atoms. The highest BCUT2D eigenvalue weighted by molar-refractivity contribution is 5.91. The van der Waals surface area contributed by atoms with Crippen LogP contribution in [0.3, 0.4) is 0 Å². The summed E-state index contributed by atoms with van der Waals surface area (Å²) in [5, 5.41) is 6.21. The quantitative estimate of drug-likeness (QED) is 0.769. The number of carbonyl (C=O) groups is 1. The maximum atomic E-state index is 12.9. The van der Waals surface area contributed by atoms with Crippen LogP contribution in [-0.2, 0) is 16.4 Å². The lowest BCUT2D eigenvalue weighted by Crippen LogP contribution is -2.44. The van der Waals surface area contributed by atoms with E-state index in [0.29, 0.717) is 24.9 Å². The molecule has 2 aliphatic rings. The van der Waals surface area contributed by atoms with Crippen LogP contribution in [0.1, 0.15) is 30.4 Å². The molecular formula is C18H24F3N3O. The molecule has 0 aromatic heterocycles. The lowest BCUT2D eigenvalue weighted by Gasteiger charge is -2.27. The topological polar surface area (TPSA) is 44.4 Å². The monoisotopic (exact) mass is 355 g/mol. The molecule has 7 heteroatoms. The van der Waals surface area contributed by atoms with E-state index in [1.807, 2.05) is 0 Å². The van der Waals surface area contributed by atoms with E-state index in [1.165, 1.54) is 6.07 Å². The van der Waals surface area contributed by atoms with Gasteiger partial charge in [-0.3, -0.25) is 4.79 Å². The Morgan fingerprint density at radius 1 is 1.24 bits per heavy atom. The van der Waals surface area contributed by atoms with Crippen LogP contribution in [-0.4, -0.2) is 50.1 Å². The molecule has 0 unspecified atom stereocenters. The molecule has 1 aromatic rings. The van der Waals surface area contributed by atoms with Gasteiger partial charge in [0.15, 0.2) is 0 Å². The van der Waals surface area contributed by atoms with Gasteiger partial charge in [-0.15, -0.1) is 0 Å². The van der Waals surface area contributed by atoms with Crippen LogP contribution >= 0.6 is 0 Å². The fourth-order valence-corrected chi connectivity index (χ4v) is 3.37. The van der Waals surface area contributed by atoms with Crippen molar-refractivity contribution in [2.45, 2.75) is 30.9 Å². The van der Waals surface area contributed by atoms with E-state index in [9.17, 15) is 18.0 Å². The van der Waals surface area contributed by atoms with Crippen LogP contribution in [0.4, 0.5) is 13.2 Å². The number of nitrogens with one attached hydrogen (secondary N) is 2. The number of amides is 1. The molecule has 1 aliphatic heterocycles. The summed E-state index contributed by atoms with van der Waals surface area (Å²) in [5.74, 6) is -0.146. The summed E-state index contributed by atoms with van der Waals surface area (Å²) in [6.07, 6.45) is -2.31. The second-order valence-electron chi connectivity index (χ2n) is 6.86. The number of piperazine rings is 1. The van der Waals surface area contributed by atoms with E-state index < -0.39 is 17.2 Å². The zero-order chi connectivity index (χ0) is 17.9. The molecular weight excluding hydrogens is 331 g/mol. The maximum absolute atomic E-state index is 12.9. The first-order valence-corrected chi connectivity index (χ1v) is 8.81. The molecule has 0 atom stereocenters. The summed E-state index contributed by atoms with van der Waals surface area (Å²) in [4.78, 5) is 14.9.